The molecule has 0 aliphatic heterocycles. The van der Waals surface area contributed by atoms with Gasteiger partial charge >= 0.3 is 12.5 Å². The second-order valence-electron chi connectivity index (χ2n) is 4.17. The maximum absolute atomic E-state index is 12.5. The minimum Gasteiger partial charge on any atom is -0.405 e. The number of anilines is 1. The Hall–Kier alpha value is -2.45. The molecule has 1 heterocycles. The first-order chi connectivity index (χ1) is 10.1. The summed E-state index contributed by atoms with van der Waals surface area (Å²) in [6.45, 7) is 0. The predicted molar refractivity (Wildman–Crippen MR) is 65.8 cm³/mol. The van der Waals surface area contributed by atoms with Crippen LogP contribution in [0.5, 0.6) is 5.75 Å². The summed E-state index contributed by atoms with van der Waals surface area (Å²) < 4.78 is 78.4. The fraction of sp³-hybridized carbons (Fsp3) is 0.154. The summed E-state index contributed by atoms with van der Waals surface area (Å²) in [5.41, 5.74) is 4.00. The lowest BCUT2D eigenvalue weighted by molar-refractivity contribution is -0.274. The molecule has 2 N–H and O–H groups in total. The number of hydrogen-bond donors (Lipinski definition) is 1. The van der Waals surface area contributed by atoms with Crippen molar-refractivity contribution in [3.05, 3.63) is 42.1 Å². The molecular formula is C13H8F6N2O. The number of nitrogen functional groups attached to an aromatic ring is 1. The van der Waals surface area contributed by atoms with Gasteiger partial charge in [0, 0.05) is 11.1 Å². The number of para-hydroxylation sites is 1. The van der Waals surface area contributed by atoms with Gasteiger partial charge in [-0.15, -0.1) is 13.2 Å². The van der Waals surface area contributed by atoms with Crippen molar-refractivity contribution in [3.63, 3.8) is 0 Å². The van der Waals surface area contributed by atoms with Crippen LogP contribution in [0.3, 0.4) is 0 Å². The van der Waals surface area contributed by atoms with Crippen LogP contribution in [0.25, 0.3) is 11.1 Å². The third-order valence-corrected chi connectivity index (χ3v) is 2.62. The van der Waals surface area contributed by atoms with Gasteiger partial charge in [0.1, 0.15) is 17.3 Å². The first kappa shape index (κ1) is 15.9. The number of nitrogens with zero attached hydrogens (tertiary/aromatic N) is 1. The summed E-state index contributed by atoms with van der Waals surface area (Å²) >= 11 is 0. The number of aromatic nitrogens is 1. The van der Waals surface area contributed by atoms with Crippen molar-refractivity contribution in [1.82, 2.24) is 4.98 Å². The van der Waals surface area contributed by atoms with Crippen molar-refractivity contribution in [3.8, 4) is 16.9 Å². The Morgan fingerprint density at radius 3 is 2.05 bits per heavy atom. The molecular weight excluding hydrogens is 314 g/mol. The van der Waals surface area contributed by atoms with Gasteiger partial charge in [0.05, 0.1) is 0 Å². The van der Waals surface area contributed by atoms with E-state index in [4.69, 9.17) is 5.73 Å². The Bertz CT molecular complexity index is 681. The first-order valence-corrected chi connectivity index (χ1v) is 5.77. The van der Waals surface area contributed by atoms with E-state index in [1.807, 2.05) is 0 Å². The minimum atomic E-state index is -4.94. The Morgan fingerprint density at radius 1 is 0.864 bits per heavy atom. The van der Waals surface area contributed by atoms with Crippen LogP contribution in [0, 0.1) is 0 Å². The molecule has 0 aliphatic carbocycles. The highest BCUT2D eigenvalue weighted by Crippen LogP contribution is 2.37. The zero-order valence-electron chi connectivity index (χ0n) is 10.7. The van der Waals surface area contributed by atoms with Gasteiger partial charge in [-0.3, -0.25) is 0 Å². The van der Waals surface area contributed by atoms with Gasteiger partial charge in [-0.2, -0.15) is 13.2 Å². The quantitative estimate of drug-likeness (QED) is 0.841. The van der Waals surface area contributed by atoms with Crippen molar-refractivity contribution in [2.45, 2.75) is 12.5 Å². The molecule has 2 aromatic rings. The van der Waals surface area contributed by atoms with Crippen molar-refractivity contribution >= 4 is 5.82 Å². The summed E-state index contributed by atoms with van der Waals surface area (Å²) in [5.74, 6) is -1.13. The van der Waals surface area contributed by atoms with E-state index in [-0.39, 0.29) is 11.1 Å². The number of nitrogens with two attached hydrogens (primary N) is 1. The molecule has 0 bridgehead atoms. The smallest absolute Gasteiger partial charge is 0.405 e. The highest BCUT2D eigenvalue weighted by Gasteiger charge is 2.34. The topological polar surface area (TPSA) is 48.1 Å². The third-order valence-electron chi connectivity index (χ3n) is 2.62. The van der Waals surface area contributed by atoms with Gasteiger partial charge in [-0.1, -0.05) is 18.2 Å². The molecule has 0 aliphatic rings. The SMILES string of the molecule is Nc1nc(C(F)(F)F)ccc1-c1ccccc1OC(F)(F)F. The second kappa shape index (κ2) is 5.39. The van der Waals surface area contributed by atoms with E-state index in [2.05, 4.69) is 9.72 Å². The molecule has 1 aromatic heterocycles. The standard InChI is InChI=1S/C13H8F6N2O/c14-12(15,16)10-6-5-8(11(20)21-10)7-3-1-2-4-9(7)22-13(17,18)19/h1-6H,(H2,20,21). The Balaban J connectivity index is 2.49. The average molecular weight is 322 g/mol. The Morgan fingerprint density at radius 2 is 1.50 bits per heavy atom. The molecule has 3 nitrogen and oxygen atoms in total. The van der Waals surface area contributed by atoms with Gasteiger partial charge in [0.2, 0.25) is 0 Å². The van der Waals surface area contributed by atoms with Crippen LogP contribution < -0.4 is 10.5 Å². The predicted octanol–water partition coefficient (Wildman–Crippen LogP) is 4.25. The number of alkyl halides is 6. The van der Waals surface area contributed by atoms with Crippen LogP contribution in [0.2, 0.25) is 0 Å². The number of halogens is 6. The van der Waals surface area contributed by atoms with E-state index in [9.17, 15) is 26.3 Å². The minimum absolute atomic E-state index is 0.0900. The number of hydrogen-bond acceptors (Lipinski definition) is 3. The summed E-state index contributed by atoms with van der Waals surface area (Å²) in [6, 6.07) is 6.54. The summed E-state index contributed by atoms with van der Waals surface area (Å²) in [5, 5.41) is 0. The first-order valence-electron chi connectivity index (χ1n) is 5.77. The van der Waals surface area contributed by atoms with E-state index >= 15 is 0 Å². The molecule has 0 fully saturated rings. The van der Waals surface area contributed by atoms with E-state index in [1.54, 1.807) is 0 Å². The van der Waals surface area contributed by atoms with Gasteiger partial charge in [0.25, 0.3) is 0 Å². The third kappa shape index (κ3) is 3.60. The molecule has 22 heavy (non-hydrogen) atoms. The van der Waals surface area contributed by atoms with Gasteiger partial charge in [-0.05, 0) is 18.2 Å². The molecule has 2 rings (SSSR count). The largest absolute Gasteiger partial charge is 0.573 e. The highest BCUT2D eigenvalue weighted by atomic mass is 19.4. The Labute approximate surface area is 120 Å². The normalized spacial score (nSPS) is 12.3. The van der Waals surface area contributed by atoms with Crippen LogP contribution in [-0.4, -0.2) is 11.3 Å². The summed E-state index contributed by atoms with van der Waals surface area (Å²) in [4.78, 5) is 3.17. The molecule has 1 aromatic carbocycles. The van der Waals surface area contributed by atoms with Crippen LogP contribution >= 0.6 is 0 Å². The average Bonchev–Trinajstić information content (AvgIpc) is 2.37. The fourth-order valence-corrected chi connectivity index (χ4v) is 1.76. The summed E-state index contributed by atoms with van der Waals surface area (Å²) in [6.07, 6.45) is -9.64. The maximum Gasteiger partial charge on any atom is 0.573 e. The fourth-order valence-electron chi connectivity index (χ4n) is 1.76. The van der Waals surface area contributed by atoms with E-state index in [0.717, 1.165) is 12.1 Å². The monoisotopic (exact) mass is 322 g/mol. The number of rotatable bonds is 2. The molecule has 0 saturated heterocycles. The van der Waals surface area contributed by atoms with Gasteiger partial charge in [-0.25, -0.2) is 4.98 Å². The summed E-state index contributed by atoms with van der Waals surface area (Å²) in [7, 11) is 0. The molecule has 9 heteroatoms. The van der Waals surface area contributed by atoms with Crippen LogP contribution in [0.4, 0.5) is 32.2 Å². The molecule has 0 radical (unpaired) electrons. The van der Waals surface area contributed by atoms with E-state index < -0.39 is 29.8 Å². The molecule has 0 atom stereocenters. The second-order valence-corrected chi connectivity index (χ2v) is 4.17. The lowest BCUT2D eigenvalue weighted by Gasteiger charge is -2.15. The van der Waals surface area contributed by atoms with Crippen LogP contribution in [-0.2, 0) is 6.18 Å². The number of ether oxygens (including phenoxy) is 1. The maximum atomic E-state index is 12.5. The van der Waals surface area contributed by atoms with E-state index in [0.29, 0.717) is 6.07 Å². The molecule has 0 saturated carbocycles. The van der Waals surface area contributed by atoms with Gasteiger partial charge in [0.15, 0.2) is 0 Å². The van der Waals surface area contributed by atoms with Crippen LogP contribution in [0.1, 0.15) is 5.69 Å². The van der Waals surface area contributed by atoms with Crippen molar-refractivity contribution < 1.29 is 31.1 Å². The van der Waals surface area contributed by atoms with Crippen molar-refractivity contribution in [2.24, 2.45) is 0 Å². The van der Waals surface area contributed by atoms with Crippen LogP contribution in [0.15, 0.2) is 36.4 Å². The Kier molecular flexibility index (Phi) is 3.90. The van der Waals surface area contributed by atoms with Crippen molar-refractivity contribution in [2.75, 3.05) is 5.73 Å². The molecule has 0 amide bonds. The lowest BCUT2D eigenvalue weighted by Crippen LogP contribution is -2.17. The number of benzene rings is 1. The lowest BCUT2D eigenvalue weighted by atomic mass is 10.0. The molecule has 118 valence electrons. The molecule has 0 unspecified atom stereocenters. The molecule has 0 spiro atoms. The zero-order valence-corrected chi connectivity index (χ0v) is 10.7. The highest BCUT2D eigenvalue weighted by molar-refractivity contribution is 5.78. The zero-order chi connectivity index (χ0) is 16.5. The van der Waals surface area contributed by atoms with E-state index in [1.165, 1.54) is 18.2 Å². The van der Waals surface area contributed by atoms with Gasteiger partial charge < -0.3 is 10.5 Å². The van der Waals surface area contributed by atoms with Crippen molar-refractivity contribution in [1.29, 1.82) is 0 Å². The number of pyridine rings is 1.